The summed E-state index contributed by atoms with van der Waals surface area (Å²) >= 11 is 3.50. The van der Waals surface area contributed by atoms with Gasteiger partial charge in [0.2, 0.25) is 0 Å². The van der Waals surface area contributed by atoms with Crippen LogP contribution in [0.2, 0.25) is 0 Å². The molecule has 26 heavy (non-hydrogen) atoms. The Kier molecular flexibility index (Phi) is 6.50. The molecule has 3 rings (SSSR count). The quantitative estimate of drug-likeness (QED) is 0.579. The van der Waals surface area contributed by atoms with E-state index in [4.69, 9.17) is 4.99 Å². The number of aromatic nitrogens is 1. The van der Waals surface area contributed by atoms with Crippen LogP contribution in [0.4, 0.5) is 5.69 Å². The lowest BCUT2D eigenvalue weighted by Crippen LogP contribution is -2.44. The Hall–Kier alpha value is -2.08. The number of aliphatic imine (C=N–C) groups is 1. The van der Waals surface area contributed by atoms with Crippen molar-refractivity contribution in [1.82, 2.24) is 15.6 Å². The highest BCUT2D eigenvalue weighted by molar-refractivity contribution is 9.10. The molecular weight excluding hydrogens is 390 g/mol. The average molecular weight is 416 g/mol. The molecule has 0 spiro atoms. The van der Waals surface area contributed by atoms with Gasteiger partial charge in [-0.3, -0.25) is 4.98 Å². The van der Waals surface area contributed by atoms with Crippen LogP contribution < -0.4 is 15.5 Å². The fraction of sp³-hybridized carbons (Fsp3) is 0.400. The van der Waals surface area contributed by atoms with Gasteiger partial charge in [0.15, 0.2) is 5.96 Å². The molecule has 2 N–H and O–H groups in total. The van der Waals surface area contributed by atoms with Crippen molar-refractivity contribution in [3.05, 3.63) is 58.3 Å². The van der Waals surface area contributed by atoms with Crippen LogP contribution >= 0.6 is 15.9 Å². The molecule has 1 fully saturated rings. The summed E-state index contributed by atoms with van der Waals surface area (Å²) in [5, 5.41) is 6.92. The van der Waals surface area contributed by atoms with Gasteiger partial charge in [-0.1, -0.05) is 22.0 Å². The maximum absolute atomic E-state index is 4.70. The molecule has 138 valence electrons. The summed E-state index contributed by atoms with van der Waals surface area (Å²) in [6.45, 7) is 7.56. The van der Waals surface area contributed by atoms with E-state index >= 15 is 0 Å². The van der Waals surface area contributed by atoms with Gasteiger partial charge in [-0.15, -0.1) is 0 Å². The smallest absolute Gasteiger partial charge is 0.191 e. The molecule has 1 aromatic carbocycles. The van der Waals surface area contributed by atoms with E-state index in [2.05, 4.69) is 67.6 Å². The Balaban J connectivity index is 1.59. The first-order valence-corrected chi connectivity index (χ1v) is 9.91. The van der Waals surface area contributed by atoms with Gasteiger partial charge >= 0.3 is 0 Å². The number of pyridine rings is 1. The van der Waals surface area contributed by atoms with E-state index < -0.39 is 0 Å². The summed E-state index contributed by atoms with van der Waals surface area (Å²) in [6, 6.07) is 15.0. The zero-order valence-corrected chi connectivity index (χ0v) is 17.0. The topological polar surface area (TPSA) is 52.6 Å². The Bertz CT molecular complexity index is 744. The van der Waals surface area contributed by atoms with Crippen LogP contribution in [0.25, 0.3) is 0 Å². The minimum absolute atomic E-state index is 0.391. The highest BCUT2D eigenvalue weighted by Crippen LogP contribution is 2.22. The second kappa shape index (κ2) is 9.03. The Morgan fingerprint density at radius 2 is 2.08 bits per heavy atom. The Labute approximate surface area is 164 Å². The predicted molar refractivity (Wildman–Crippen MR) is 112 cm³/mol. The molecule has 0 bridgehead atoms. The lowest BCUT2D eigenvalue weighted by Gasteiger charge is -2.20. The highest BCUT2D eigenvalue weighted by atomic mass is 79.9. The first-order chi connectivity index (χ1) is 12.6. The molecule has 0 aliphatic carbocycles. The van der Waals surface area contributed by atoms with Gasteiger partial charge in [0, 0.05) is 41.5 Å². The van der Waals surface area contributed by atoms with Crippen LogP contribution in [0.5, 0.6) is 0 Å². The van der Waals surface area contributed by atoms with E-state index in [1.54, 1.807) is 0 Å². The van der Waals surface area contributed by atoms with Crippen LogP contribution in [0.1, 0.15) is 24.7 Å². The minimum atomic E-state index is 0.391. The Morgan fingerprint density at radius 3 is 2.81 bits per heavy atom. The largest absolute Gasteiger partial charge is 0.369 e. The van der Waals surface area contributed by atoms with Crippen LogP contribution in [0.15, 0.2) is 51.9 Å². The fourth-order valence-corrected chi connectivity index (χ4v) is 3.39. The van der Waals surface area contributed by atoms with Crippen molar-refractivity contribution in [2.24, 2.45) is 4.99 Å². The third-order valence-electron chi connectivity index (χ3n) is 4.41. The molecule has 1 saturated heterocycles. The van der Waals surface area contributed by atoms with Gasteiger partial charge in [0.25, 0.3) is 0 Å². The molecule has 6 heteroatoms. The van der Waals surface area contributed by atoms with Gasteiger partial charge in [-0.25, -0.2) is 4.99 Å². The number of hydrogen-bond acceptors (Lipinski definition) is 3. The van der Waals surface area contributed by atoms with Crippen molar-refractivity contribution in [2.45, 2.75) is 32.9 Å². The summed E-state index contributed by atoms with van der Waals surface area (Å²) in [6.07, 6.45) is 1.10. The number of aryl methyl sites for hydroxylation is 1. The zero-order valence-electron chi connectivity index (χ0n) is 15.4. The van der Waals surface area contributed by atoms with E-state index in [0.29, 0.717) is 12.6 Å². The van der Waals surface area contributed by atoms with Crippen molar-refractivity contribution in [3.8, 4) is 0 Å². The normalized spacial score (nSPS) is 17.4. The number of hydrogen-bond donors (Lipinski definition) is 2. The van der Waals surface area contributed by atoms with E-state index in [1.165, 1.54) is 5.69 Å². The van der Waals surface area contributed by atoms with Gasteiger partial charge in [0.1, 0.15) is 0 Å². The van der Waals surface area contributed by atoms with E-state index in [0.717, 1.165) is 47.9 Å². The average Bonchev–Trinajstić information content (AvgIpc) is 3.09. The molecule has 1 unspecified atom stereocenters. The van der Waals surface area contributed by atoms with E-state index in [9.17, 15) is 0 Å². The molecule has 0 radical (unpaired) electrons. The maximum atomic E-state index is 4.70. The van der Waals surface area contributed by atoms with Crippen LogP contribution in [-0.2, 0) is 6.54 Å². The van der Waals surface area contributed by atoms with Crippen LogP contribution in [0.3, 0.4) is 0 Å². The summed E-state index contributed by atoms with van der Waals surface area (Å²) in [5.74, 6) is 0.860. The molecule has 1 aliphatic heterocycles. The lowest BCUT2D eigenvalue weighted by molar-refractivity contribution is 0.648. The number of nitrogens with zero attached hydrogens (tertiary/aromatic N) is 3. The van der Waals surface area contributed by atoms with Gasteiger partial charge in [-0.2, -0.15) is 0 Å². The van der Waals surface area contributed by atoms with Gasteiger partial charge in [-0.05, 0) is 56.7 Å². The number of anilines is 1. The summed E-state index contributed by atoms with van der Waals surface area (Å²) in [5.41, 5.74) is 3.28. The molecule has 1 aliphatic rings. The third-order valence-corrected chi connectivity index (χ3v) is 4.94. The monoisotopic (exact) mass is 415 g/mol. The molecule has 2 heterocycles. The van der Waals surface area contributed by atoms with Crippen LogP contribution in [0, 0.1) is 6.92 Å². The van der Waals surface area contributed by atoms with Crippen LogP contribution in [-0.4, -0.2) is 36.6 Å². The number of rotatable bonds is 5. The van der Waals surface area contributed by atoms with Crippen molar-refractivity contribution in [2.75, 3.05) is 24.5 Å². The molecule has 1 atom stereocenters. The van der Waals surface area contributed by atoms with Crippen molar-refractivity contribution < 1.29 is 0 Å². The second-order valence-electron chi connectivity index (χ2n) is 6.52. The molecule has 5 nitrogen and oxygen atoms in total. The molecule has 0 saturated carbocycles. The van der Waals surface area contributed by atoms with Crippen molar-refractivity contribution in [1.29, 1.82) is 0 Å². The molecule has 0 amide bonds. The van der Waals surface area contributed by atoms with E-state index in [-0.39, 0.29) is 0 Å². The Morgan fingerprint density at radius 1 is 1.27 bits per heavy atom. The zero-order chi connectivity index (χ0) is 18.4. The minimum Gasteiger partial charge on any atom is -0.369 e. The van der Waals surface area contributed by atoms with Gasteiger partial charge < -0.3 is 15.5 Å². The highest BCUT2D eigenvalue weighted by Gasteiger charge is 2.23. The molecular formula is C20H26BrN5. The first kappa shape index (κ1) is 18.7. The summed E-state index contributed by atoms with van der Waals surface area (Å²) in [7, 11) is 0. The van der Waals surface area contributed by atoms with Gasteiger partial charge in [0.05, 0.1) is 12.2 Å². The first-order valence-electron chi connectivity index (χ1n) is 9.12. The summed E-state index contributed by atoms with van der Waals surface area (Å²) < 4.78 is 1.11. The summed E-state index contributed by atoms with van der Waals surface area (Å²) in [4.78, 5) is 11.6. The molecule has 2 aromatic rings. The molecule has 1 aromatic heterocycles. The SMILES string of the molecule is CCNC(=NCc1cccc(C)n1)NC1CCN(c2ccc(Br)cc2)C1. The second-order valence-corrected chi connectivity index (χ2v) is 7.43. The van der Waals surface area contributed by atoms with Crippen molar-refractivity contribution in [3.63, 3.8) is 0 Å². The van der Waals surface area contributed by atoms with E-state index in [1.807, 2.05) is 25.1 Å². The number of guanidine groups is 1. The number of nitrogens with one attached hydrogen (secondary N) is 2. The standard InChI is InChI=1S/C20H26BrN5/c1-3-22-20(23-13-17-6-4-5-15(2)24-17)25-18-11-12-26(14-18)19-9-7-16(21)8-10-19/h4-10,18H,3,11-14H2,1-2H3,(H2,22,23,25). The number of benzene rings is 1. The third kappa shape index (κ3) is 5.21. The van der Waals surface area contributed by atoms with Crippen molar-refractivity contribution >= 4 is 27.6 Å². The lowest BCUT2D eigenvalue weighted by atomic mass is 10.2. The maximum Gasteiger partial charge on any atom is 0.191 e. The predicted octanol–water partition coefficient (Wildman–Crippen LogP) is 3.49. The fourth-order valence-electron chi connectivity index (χ4n) is 3.13. The number of halogens is 1.